The van der Waals surface area contributed by atoms with Gasteiger partial charge in [-0.05, 0) is 32.1 Å². The Morgan fingerprint density at radius 2 is 2.21 bits per heavy atom. The van der Waals surface area contributed by atoms with E-state index in [4.69, 9.17) is 4.74 Å². The third kappa shape index (κ3) is 2.56. The number of piperidine rings is 1. The summed E-state index contributed by atoms with van der Waals surface area (Å²) < 4.78 is 5.62. The van der Waals surface area contributed by atoms with Crippen molar-refractivity contribution in [3.63, 3.8) is 0 Å². The molecule has 5 heteroatoms. The number of carbonyl (C=O) groups excluding carboxylic acids is 1. The summed E-state index contributed by atoms with van der Waals surface area (Å²) in [7, 11) is 0. The lowest BCUT2D eigenvalue weighted by Crippen LogP contribution is -2.44. The van der Waals surface area contributed by atoms with E-state index in [9.17, 15) is 4.79 Å². The molecule has 1 N–H and O–H groups in total. The van der Waals surface area contributed by atoms with Crippen molar-refractivity contribution in [3.05, 3.63) is 29.6 Å². The Hall–Kier alpha value is -1.62. The minimum atomic E-state index is -0.272. The average Bonchev–Trinajstić information content (AvgIpc) is 2.66. The van der Waals surface area contributed by atoms with E-state index >= 15 is 0 Å². The summed E-state index contributed by atoms with van der Waals surface area (Å²) in [5.74, 6) is 0. The first-order valence-corrected chi connectivity index (χ1v) is 6.78. The number of aromatic nitrogens is 1. The standard InChI is InChI=1S/C14H19N3O2/c1-11-3-2-4-12(16-11)9-17-10-14(19-13(17)18)5-7-15-8-6-14/h2-4,15H,5-10H2,1H3. The zero-order chi connectivity index (χ0) is 13.3. The summed E-state index contributed by atoms with van der Waals surface area (Å²) in [5.41, 5.74) is 1.62. The van der Waals surface area contributed by atoms with Crippen LogP contribution in [0.1, 0.15) is 24.2 Å². The van der Waals surface area contributed by atoms with E-state index in [-0.39, 0.29) is 11.7 Å². The van der Waals surface area contributed by atoms with Crippen LogP contribution in [0.2, 0.25) is 0 Å². The van der Waals surface area contributed by atoms with Crippen LogP contribution in [0.5, 0.6) is 0 Å². The third-order valence-electron chi connectivity index (χ3n) is 3.85. The Balaban J connectivity index is 1.70. The fourth-order valence-electron chi connectivity index (χ4n) is 2.84. The summed E-state index contributed by atoms with van der Waals surface area (Å²) >= 11 is 0. The minimum absolute atomic E-state index is 0.204. The number of ether oxygens (including phenoxy) is 1. The predicted molar refractivity (Wildman–Crippen MR) is 70.7 cm³/mol. The van der Waals surface area contributed by atoms with E-state index < -0.39 is 0 Å². The van der Waals surface area contributed by atoms with Crippen molar-refractivity contribution in [2.75, 3.05) is 19.6 Å². The van der Waals surface area contributed by atoms with E-state index in [0.29, 0.717) is 13.1 Å². The van der Waals surface area contributed by atoms with Crippen LogP contribution in [0.4, 0.5) is 4.79 Å². The van der Waals surface area contributed by atoms with Gasteiger partial charge in [-0.15, -0.1) is 0 Å². The number of carbonyl (C=O) groups is 1. The Morgan fingerprint density at radius 1 is 1.42 bits per heavy atom. The lowest BCUT2D eigenvalue weighted by Gasteiger charge is -2.31. The molecule has 0 atom stereocenters. The van der Waals surface area contributed by atoms with Gasteiger partial charge in [0.15, 0.2) is 0 Å². The molecule has 1 amide bonds. The van der Waals surface area contributed by atoms with E-state index in [0.717, 1.165) is 37.3 Å². The zero-order valence-electron chi connectivity index (χ0n) is 11.2. The van der Waals surface area contributed by atoms with Crippen LogP contribution in [-0.2, 0) is 11.3 Å². The maximum atomic E-state index is 12.0. The van der Waals surface area contributed by atoms with E-state index in [2.05, 4.69) is 10.3 Å². The third-order valence-corrected chi connectivity index (χ3v) is 3.85. The molecule has 1 spiro atoms. The molecule has 2 saturated heterocycles. The highest BCUT2D eigenvalue weighted by atomic mass is 16.6. The number of hydrogen-bond acceptors (Lipinski definition) is 4. The SMILES string of the molecule is Cc1cccc(CN2CC3(CCNCC3)OC2=O)n1. The number of hydrogen-bond donors (Lipinski definition) is 1. The second-order valence-electron chi connectivity index (χ2n) is 5.43. The van der Waals surface area contributed by atoms with Crippen LogP contribution in [0, 0.1) is 6.92 Å². The minimum Gasteiger partial charge on any atom is -0.441 e. The van der Waals surface area contributed by atoms with Gasteiger partial charge >= 0.3 is 6.09 Å². The number of nitrogens with zero attached hydrogens (tertiary/aromatic N) is 2. The Kier molecular flexibility index (Phi) is 3.14. The molecule has 2 aliphatic heterocycles. The quantitative estimate of drug-likeness (QED) is 0.876. The van der Waals surface area contributed by atoms with Crippen molar-refractivity contribution < 1.29 is 9.53 Å². The molecule has 3 heterocycles. The molecule has 0 aromatic carbocycles. The monoisotopic (exact) mass is 261 g/mol. The Morgan fingerprint density at radius 3 is 2.95 bits per heavy atom. The van der Waals surface area contributed by atoms with E-state index in [1.807, 2.05) is 25.1 Å². The lowest BCUT2D eigenvalue weighted by atomic mass is 9.92. The van der Waals surface area contributed by atoms with Crippen molar-refractivity contribution in [1.29, 1.82) is 0 Å². The number of amides is 1. The fraction of sp³-hybridized carbons (Fsp3) is 0.571. The van der Waals surface area contributed by atoms with Crippen molar-refractivity contribution in [2.45, 2.75) is 31.9 Å². The predicted octanol–water partition coefficient (Wildman–Crippen LogP) is 1.46. The maximum absolute atomic E-state index is 12.0. The molecule has 0 radical (unpaired) electrons. The second kappa shape index (κ2) is 4.81. The molecule has 1 aromatic heterocycles. The summed E-state index contributed by atoms with van der Waals surface area (Å²) in [6, 6.07) is 5.88. The van der Waals surface area contributed by atoms with Crippen LogP contribution < -0.4 is 5.32 Å². The zero-order valence-corrected chi connectivity index (χ0v) is 11.2. The van der Waals surface area contributed by atoms with Gasteiger partial charge in [0.1, 0.15) is 5.60 Å². The first kappa shape index (κ1) is 12.4. The molecule has 102 valence electrons. The van der Waals surface area contributed by atoms with Crippen molar-refractivity contribution in [1.82, 2.24) is 15.2 Å². The van der Waals surface area contributed by atoms with Gasteiger partial charge in [0.2, 0.25) is 0 Å². The largest absolute Gasteiger partial charge is 0.441 e. The lowest BCUT2D eigenvalue weighted by molar-refractivity contribution is 0.0316. The van der Waals surface area contributed by atoms with Gasteiger partial charge in [0, 0.05) is 18.5 Å². The topological polar surface area (TPSA) is 54.5 Å². The normalized spacial score (nSPS) is 21.7. The van der Waals surface area contributed by atoms with Crippen LogP contribution in [0.25, 0.3) is 0 Å². The molecule has 0 bridgehead atoms. The molecule has 1 aromatic rings. The molecule has 0 unspecified atom stereocenters. The summed E-state index contributed by atoms with van der Waals surface area (Å²) in [6.45, 7) is 5.02. The number of aryl methyl sites for hydroxylation is 1. The van der Waals surface area contributed by atoms with Gasteiger partial charge in [-0.1, -0.05) is 6.07 Å². The summed E-state index contributed by atoms with van der Waals surface area (Å²) in [5, 5.41) is 3.30. The molecule has 0 aliphatic carbocycles. The molecular weight excluding hydrogens is 242 g/mol. The molecule has 5 nitrogen and oxygen atoms in total. The van der Waals surface area contributed by atoms with Crippen molar-refractivity contribution in [3.8, 4) is 0 Å². The Labute approximate surface area is 113 Å². The van der Waals surface area contributed by atoms with Gasteiger partial charge in [-0.3, -0.25) is 9.88 Å². The smallest absolute Gasteiger partial charge is 0.410 e. The summed E-state index contributed by atoms with van der Waals surface area (Å²) in [4.78, 5) is 18.2. The van der Waals surface area contributed by atoms with Gasteiger partial charge in [-0.25, -0.2) is 4.79 Å². The first-order valence-electron chi connectivity index (χ1n) is 6.78. The van der Waals surface area contributed by atoms with Crippen LogP contribution in [0.3, 0.4) is 0 Å². The van der Waals surface area contributed by atoms with Gasteiger partial charge < -0.3 is 10.1 Å². The fourth-order valence-corrected chi connectivity index (χ4v) is 2.84. The molecule has 2 aliphatic rings. The molecule has 19 heavy (non-hydrogen) atoms. The molecule has 0 saturated carbocycles. The molecule has 3 rings (SSSR count). The molecule has 2 fully saturated rings. The maximum Gasteiger partial charge on any atom is 0.410 e. The van der Waals surface area contributed by atoms with E-state index in [1.54, 1.807) is 4.90 Å². The average molecular weight is 261 g/mol. The van der Waals surface area contributed by atoms with Crippen LogP contribution in [0.15, 0.2) is 18.2 Å². The highest BCUT2D eigenvalue weighted by Crippen LogP contribution is 2.31. The van der Waals surface area contributed by atoms with Crippen LogP contribution >= 0.6 is 0 Å². The Bertz CT molecular complexity index is 483. The van der Waals surface area contributed by atoms with Crippen molar-refractivity contribution in [2.24, 2.45) is 0 Å². The summed E-state index contributed by atoms with van der Waals surface area (Å²) in [6.07, 6.45) is 1.60. The van der Waals surface area contributed by atoms with Gasteiger partial charge in [-0.2, -0.15) is 0 Å². The van der Waals surface area contributed by atoms with Crippen molar-refractivity contribution >= 4 is 6.09 Å². The number of rotatable bonds is 2. The second-order valence-corrected chi connectivity index (χ2v) is 5.43. The van der Waals surface area contributed by atoms with Gasteiger partial charge in [0.25, 0.3) is 0 Å². The number of nitrogens with one attached hydrogen (secondary N) is 1. The van der Waals surface area contributed by atoms with E-state index in [1.165, 1.54) is 0 Å². The molecular formula is C14H19N3O2. The van der Waals surface area contributed by atoms with Crippen LogP contribution in [-0.4, -0.2) is 41.2 Å². The number of pyridine rings is 1. The highest BCUT2D eigenvalue weighted by Gasteiger charge is 2.45. The van der Waals surface area contributed by atoms with Gasteiger partial charge in [0.05, 0.1) is 18.8 Å². The highest BCUT2D eigenvalue weighted by molar-refractivity contribution is 5.70. The first-order chi connectivity index (χ1) is 9.17.